The second kappa shape index (κ2) is 12.4. The normalized spacial score (nSPS) is 12.6. The Morgan fingerprint density at radius 3 is 1.75 bits per heavy atom. The van der Waals surface area contributed by atoms with Crippen molar-refractivity contribution in [2.75, 3.05) is 0 Å². The average Bonchev–Trinajstić information content (AvgIpc) is 3.59. The molecule has 0 fully saturated rings. The molecule has 1 N–H and O–H groups in total. The van der Waals surface area contributed by atoms with Crippen LogP contribution >= 0.6 is 0 Å². The third kappa shape index (κ3) is 5.84. The summed E-state index contributed by atoms with van der Waals surface area (Å²) in [5.41, 5.74) is 9.15. The zero-order chi connectivity index (χ0) is 36.0. The molecule has 0 amide bonds. The molecule has 0 aliphatic carbocycles. The maximum absolute atomic E-state index is 11.8. The maximum Gasteiger partial charge on any atom is 0.147 e. The molecule has 4 aromatic carbocycles. The van der Waals surface area contributed by atoms with Crippen LogP contribution in [0.1, 0.15) is 79.0 Å². The molecule has 0 radical (unpaired) electrons. The summed E-state index contributed by atoms with van der Waals surface area (Å²) in [6.45, 7) is 19.8. The van der Waals surface area contributed by atoms with Gasteiger partial charge in [0.25, 0.3) is 0 Å². The summed E-state index contributed by atoms with van der Waals surface area (Å²) in [6, 6.07) is 39.6. The fourth-order valence-corrected chi connectivity index (χ4v) is 7.30. The number of nitrogens with zero attached hydrogens (tertiary/aromatic N) is 4. The molecule has 0 unspecified atom stereocenters. The molecule has 0 saturated carbocycles. The number of aromatic nitrogens is 4. The van der Waals surface area contributed by atoms with Crippen molar-refractivity contribution in [3.63, 3.8) is 0 Å². The van der Waals surface area contributed by atoms with Gasteiger partial charge in [0.2, 0.25) is 0 Å². The first-order valence-corrected chi connectivity index (χ1v) is 17.8. The average molecular weight is 865 g/mol. The van der Waals surface area contributed by atoms with E-state index in [1.807, 2.05) is 12.1 Å². The largest absolute Gasteiger partial charge is 0.507 e. The van der Waals surface area contributed by atoms with E-state index in [-0.39, 0.29) is 43.1 Å². The Hall–Kier alpha value is -4.73. The first kappa shape index (κ1) is 35.7. The summed E-state index contributed by atoms with van der Waals surface area (Å²) < 4.78 is 4.40. The molecule has 4 heterocycles. The van der Waals surface area contributed by atoms with Crippen molar-refractivity contribution >= 4 is 43.9 Å². The van der Waals surface area contributed by atoms with E-state index in [9.17, 15) is 5.11 Å². The Labute approximate surface area is 320 Å². The molecule has 0 aliphatic rings. The fraction of sp³-hybridized carbons (Fsp3) is 0.261. The third-order valence-corrected chi connectivity index (χ3v) is 10.2. The van der Waals surface area contributed by atoms with Crippen molar-refractivity contribution in [2.24, 2.45) is 0 Å². The smallest absolute Gasteiger partial charge is 0.147 e. The molecule has 8 rings (SSSR count). The second-order valence-corrected chi connectivity index (χ2v) is 16.9. The minimum absolute atomic E-state index is 0. The molecule has 52 heavy (non-hydrogen) atoms. The predicted molar refractivity (Wildman–Crippen MR) is 213 cm³/mol. The molecular weight excluding hydrogens is 820 g/mol. The van der Waals surface area contributed by atoms with E-state index in [1.165, 1.54) is 5.56 Å². The van der Waals surface area contributed by atoms with E-state index in [2.05, 4.69) is 169 Å². The Morgan fingerprint density at radius 2 is 1.13 bits per heavy atom. The van der Waals surface area contributed by atoms with Crippen molar-refractivity contribution in [3.8, 4) is 28.5 Å². The number of phenols is 1. The Kier molecular flexibility index (Phi) is 8.54. The van der Waals surface area contributed by atoms with Crippen LogP contribution in [0.2, 0.25) is 0 Å². The fourth-order valence-electron chi connectivity index (χ4n) is 7.30. The van der Waals surface area contributed by atoms with E-state index in [4.69, 9.17) is 9.97 Å². The maximum atomic E-state index is 11.8. The minimum atomic E-state index is -0.249. The van der Waals surface area contributed by atoms with Crippen LogP contribution in [0, 0.1) is 6.07 Å². The SMILES string of the molecule is CC(C)(C)c1cc[c-]c(-n2c3ccccc3c3ccc(-n4c5ccccc5c5ccc(-c6cc(C(C)(C)C)cc(C(C)(C)C)c6O)nc54)nc32)c1.[Pt]. The Bertz CT molecular complexity index is 2660. The van der Waals surface area contributed by atoms with Crippen LogP contribution in [-0.4, -0.2) is 24.2 Å². The molecule has 0 saturated heterocycles. The molecule has 0 aliphatic heterocycles. The van der Waals surface area contributed by atoms with Crippen molar-refractivity contribution in [3.05, 3.63) is 126 Å². The second-order valence-electron chi connectivity index (χ2n) is 16.9. The van der Waals surface area contributed by atoms with Crippen LogP contribution in [0.5, 0.6) is 5.75 Å². The zero-order valence-electron chi connectivity index (χ0n) is 31.4. The molecule has 5 nitrogen and oxygen atoms in total. The summed E-state index contributed by atoms with van der Waals surface area (Å²) in [7, 11) is 0. The quantitative estimate of drug-likeness (QED) is 0.180. The van der Waals surface area contributed by atoms with Gasteiger partial charge in [-0.1, -0.05) is 110 Å². The topological polar surface area (TPSA) is 55.9 Å². The monoisotopic (exact) mass is 864 g/mol. The number of aromatic hydroxyl groups is 1. The van der Waals surface area contributed by atoms with E-state index < -0.39 is 0 Å². The van der Waals surface area contributed by atoms with Gasteiger partial charge in [-0.05, 0) is 64.3 Å². The molecule has 6 heteroatoms. The summed E-state index contributed by atoms with van der Waals surface area (Å²) in [6.07, 6.45) is 0. The number of benzene rings is 4. The van der Waals surface area contributed by atoms with Crippen molar-refractivity contribution in [1.82, 2.24) is 19.1 Å². The molecule has 0 atom stereocenters. The van der Waals surface area contributed by atoms with Gasteiger partial charge in [0.05, 0.1) is 16.7 Å². The van der Waals surface area contributed by atoms with Crippen LogP contribution < -0.4 is 0 Å². The predicted octanol–water partition coefficient (Wildman–Crippen LogP) is 11.7. The van der Waals surface area contributed by atoms with E-state index in [1.54, 1.807) is 0 Å². The van der Waals surface area contributed by atoms with Crippen LogP contribution in [0.3, 0.4) is 0 Å². The molecule has 266 valence electrons. The van der Waals surface area contributed by atoms with E-state index in [0.717, 1.165) is 77.8 Å². The Morgan fingerprint density at radius 1 is 0.558 bits per heavy atom. The van der Waals surface area contributed by atoms with Crippen LogP contribution in [-0.2, 0) is 37.3 Å². The summed E-state index contributed by atoms with van der Waals surface area (Å²) in [5, 5.41) is 16.2. The number of hydrogen-bond donors (Lipinski definition) is 1. The zero-order valence-corrected chi connectivity index (χ0v) is 33.6. The number of pyridine rings is 2. The summed E-state index contributed by atoms with van der Waals surface area (Å²) in [4.78, 5) is 10.8. The molecule has 0 bridgehead atoms. The van der Waals surface area contributed by atoms with E-state index in [0.29, 0.717) is 0 Å². The van der Waals surface area contributed by atoms with Gasteiger partial charge in [-0.25, -0.2) is 9.97 Å². The van der Waals surface area contributed by atoms with Gasteiger partial charge in [-0.2, -0.15) is 23.8 Å². The van der Waals surface area contributed by atoms with Gasteiger partial charge in [0, 0.05) is 53.7 Å². The molecule has 4 aromatic heterocycles. The van der Waals surface area contributed by atoms with Gasteiger partial charge in [-0.3, -0.25) is 4.57 Å². The van der Waals surface area contributed by atoms with Crippen molar-refractivity contribution < 1.29 is 26.2 Å². The molecular formula is C46H45N4OPt-. The summed E-state index contributed by atoms with van der Waals surface area (Å²) in [5.74, 6) is 1.06. The number of phenolic OH excluding ortho intramolecular Hbond substituents is 1. The Balaban J connectivity index is 0.00000420. The number of fused-ring (bicyclic) bond motifs is 6. The van der Waals surface area contributed by atoms with Gasteiger partial charge in [0.15, 0.2) is 0 Å². The summed E-state index contributed by atoms with van der Waals surface area (Å²) >= 11 is 0. The number of para-hydroxylation sites is 2. The molecule has 8 aromatic rings. The molecule has 0 spiro atoms. The van der Waals surface area contributed by atoms with E-state index >= 15 is 0 Å². The van der Waals surface area contributed by atoms with Crippen LogP contribution in [0.4, 0.5) is 0 Å². The van der Waals surface area contributed by atoms with Gasteiger partial charge in [0.1, 0.15) is 22.9 Å². The van der Waals surface area contributed by atoms with Gasteiger partial charge in [-0.15, -0.1) is 6.07 Å². The van der Waals surface area contributed by atoms with Gasteiger partial charge >= 0.3 is 0 Å². The minimum Gasteiger partial charge on any atom is -0.507 e. The van der Waals surface area contributed by atoms with Crippen LogP contribution in [0.25, 0.3) is 66.6 Å². The third-order valence-electron chi connectivity index (χ3n) is 10.2. The standard InChI is InChI=1S/C46H45N4O.Pt/c1-44(2,3)28-15-14-16-30(25-28)49-38-19-12-10-17-31(38)34-22-24-40(48-43(34)49)50-39-20-13-11-18-32(39)33-21-23-37(47-42(33)50)35-26-29(45(4,5)6)27-36(41(35)51)46(7,8)9;/h10-15,17-27,51H,1-9H3;/q-1;. The van der Waals surface area contributed by atoms with Gasteiger partial charge < -0.3 is 9.67 Å². The first-order valence-electron chi connectivity index (χ1n) is 17.8. The number of hydrogen-bond acceptors (Lipinski definition) is 3. The number of rotatable bonds is 3. The van der Waals surface area contributed by atoms with Crippen LogP contribution in [0.15, 0.2) is 103 Å². The van der Waals surface area contributed by atoms with Crippen molar-refractivity contribution in [1.29, 1.82) is 0 Å². The first-order chi connectivity index (χ1) is 24.1. The van der Waals surface area contributed by atoms with Crippen molar-refractivity contribution in [2.45, 2.75) is 78.6 Å².